The average molecular weight is 422 g/mol. The largest absolute Gasteiger partial charge is 0.347 e. The van der Waals surface area contributed by atoms with Crippen molar-refractivity contribution >= 4 is 5.91 Å². The molecule has 0 atom stereocenters. The fraction of sp³-hybridized carbons (Fsp3) is 0.143. The molecular weight excluding hydrogens is 394 g/mol. The van der Waals surface area contributed by atoms with Crippen LogP contribution in [-0.4, -0.2) is 15.5 Å². The molecule has 4 rings (SSSR count). The first-order chi connectivity index (χ1) is 15.6. The molecular formula is C28H27N3O. The van der Waals surface area contributed by atoms with Crippen LogP contribution < -0.4 is 5.32 Å². The van der Waals surface area contributed by atoms with Gasteiger partial charge in [0.15, 0.2) is 0 Å². The van der Waals surface area contributed by atoms with Crippen LogP contribution >= 0.6 is 0 Å². The molecule has 0 bridgehead atoms. The van der Waals surface area contributed by atoms with Crippen LogP contribution in [0, 0.1) is 0 Å². The third-order valence-corrected chi connectivity index (χ3v) is 5.39. The van der Waals surface area contributed by atoms with E-state index in [9.17, 15) is 4.79 Å². The summed E-state index contributed by atoms with van der Waals surface area (Å²) in [7, 11) is 0. The molecule has 32 heavy (non-hydrogen) atoms. The Kier molecular flexibility index (Phi) is 6.61. The van der Waals surface area contributed by atoms with Gasteiger partial charge in [-0.2, -0.15) is 0 Å². The van der Waals surface area contributed by atoms with Crippen molar-refractivity contribution in [2.45, 2.75) is 26.4 Å². The van der Waals surface area contributed by atoms with E-state index in [4.69, 9.17) is 4.98 Å². The molecule has 4 heteroatoms. The number of hydrogen-bond donors (Lipinski definition) is 1. The minimum absolute atomic E-state index is 0.149. The lowest BCUT2D eigenvalue weighted by Gasteiger charge is -2.14. The molecule has 1 heterocycles. The van der Waals surface area contributed by atoms with E-state index >= 15 is 0 Å². The minimum Gasteiger partial charge on any atom is -0.347 e. The number of carbonyl (C=O) groups is 1. The molecule has 0 spiro atoms. The second-order valence-corrected chi connectivity index (χ2v) is 7.89. The van der Waals surface area contributed by atoms with Crippen LogP contribution in [0.25, 0.3) is 11.4 Å². The van der Waals surface area contributed by atoms with Crippen molar-refractivity contribution in [2.24, 2.45) is 0 Å². The number of hydrogen-bond acceptors (Lipinski definition) is 2. The highest BCUT2D eigenvalue weighted by molar-refractivity contribution is 5.92. The van der Waals surface area contributed by atoms with Crippen molar-refractivity contribution in [3.05, 3.63) is 126 Å². The molecule has 1 aromatic heterocycles. The van der Waals surface area contributed by atoms with Gasteiger partial charge in [0.05, 0.1) is 17.9 Å². The molecule has 0 radical (unpaired) electrons. The Labute approximate surface area is 189 Å². The van der Waals surface area contributed by atoms with Gasteiger partial charge in [0.25, 0.3) is 0 Å². The van der Waals surface area contributed by atoms with Crippen LogP contribution in [-0.2, 0) is 24.3 Å². The van der Waals surface area contributed by atoms with E-state index in [0.29, 0.717) is 25.1 Å². The van der Waals surface area contributed by atoms with Gasteiger partial charge in [-0.05, 0) is 18.1 Å². The number of amides is 1. The molecule has 0 aliphatic heterocycles. The maximum Gasteiger partial charge on any atom is 0.246 e. The molecule has 0 saturated carbocycles. The number of nitrogens with zero attached hydrogens (tertiary/aromatic N) is 2. The summed E-state index contributed by atoms with van der Waals surface area (Å²) in [6, 6.07) is 30.8. The Hall–Kier alpha value is -3.92. The molecule has 3 aromatic carbocycles. The van der Waals surface area contributed by atoms with Crippen molar-refractivity contribution in [2.75, 3.05) is 0 Å². The maximum absolute atomic E-state index is 12.3. The quantitative estimate of drug-likeness (QED) is 0.388. The number of nitrogens with one attached hydrogen (secondary N) is 1. The zero-order chi connectivity index (χ0) is 22.3. The Morgan fingerprint density at radius 2 is 1.44 bits per heavy atom. The second kappa shape index (κ2) is 9.92. The highest BCUT2D eigenvalue weighted by Crippen LogP contribution is 2.26. The maximum atomic E-state index is 12.3. The van der Waals surface area contributed by atoms with E-state index in [1.54, 1.807) is 6.92 Å². The highest BCUT2D eigenvalue weighted by Gasteiger charge is 2.19. The molecule has 1 N–H and O–H groups in total. The lowest BCUT2D eigenvalue weighted by atomic mass is 10.1. The number of imidazole rings is 1. The van der Waals surface area contributed by atoms with E-state index in [1.165, 1.54) is 11.1 Å². The van der Waals surface area contributed by atoms with Crippen molar-refractivity contribution in [1.82, 2.24) is 14.9 Å². The van der Waals surface area contributed by atoms with E-state index < -0.39 is 0 Å². The number of rotatable bonds is 8. The van der Waals surface area contributed by atoms with Crippen molar-refractivity contribution in [1.29, 1.82) is 0 Å². The fourth-order valence-electron chi connectivity index (χ4n) is 3.72. The van der Waals surface area contributed by atoms with E-state index in [2.05, 4.69) is 52.9 Å². The monoisotopic (exact) mass is 421 g/mol. The molecule has 1 amide bonds. The van der Waals surface area contributed by atoms with Gasteiger partial charge >= 0.3 is 0 Å². The molecule has 0 saturated heterocycles. The summed E-state index contributed by atoms with van der Waals surface area (Å²) < 4.78 is 2.22. The molecule has 4 aromatic rings. The third kappa shape index (κ3) is 5.03. The van der Waals surface area contributed by atoms with Crippen molar-refractivity contribution < 1.29 is 4.79 Å². The smallest absolute Gasteiger partial charge is 0.246 e. The number of carbonyl (C=O) groups excluding carboxylic acids is 1. The Morgan fingerprint density at radius 1 is 0.875 bits per heavy atom. The third-order valence-electron chi connectivity index (χ3n) is 5.39. The molecule has 0 aliphatic rings. The first-order valence-corrected chi connectivity index (χ1v) is 10.8. The van der Waals surface area contributed by atoms with Gasteiger partial charge in [0.2, 0.25) is 5.91 Å². The number of benzene rings is 3. The number of aromatic nitrogens is 2. The van der Waals surface area contributed by atoms with Gasteiger partial charge in [-0.25, -0.2) is 4.98 Å². The van der Waals surface area contributed by atoms with E-state index in [1.807, 2.05) is 54.6 Å². The van der Waals surface area contributed by atoms with Crippen molar-refractivity contribution in [3.8, 4) is 11.4 Å². The lowest BCUT2D eigenvalue weighted by Crippen LogP contribution is -2.25. The Bertz CT molecular complexity index is 1200. The molecule has 160 valence electrons. The first kappa shape index (κ1) is 21.3. The predicted molar refractivity (Wildman–Crippen MR) is 129 cm³/mol. The lowest BCUT2D eigenvalue weighted by molar-refractivity contribution is -0.117. The van der Waals surface area contributed by atoms with Crippen molar-refractivity contribution in [3.63, 3.8) is 0 Å². The van der Waals surface area contributed by atoms with Gasteiger partial charge in [-0.3, -0.25) is 4.79 Å². The molecule has 0 unspecified atom stereocenters. The van der Waals surface area contributed by atoms with Crippen LogP contribution in [0.2, 0.25) is 0 Å². The summed E-state index contributed by atoms with van der Waals surface area (Å²) >= 11 is 0. The molecule has 0 aliphatic carbocycles. The normalized spacial score (nSPS) is 10.7. The van der Waals surface area contributed by atoms with Gasteiger partial charge in [0.1, 0.15) is 5.82 Å². The first-order valence-electron chi connectivity index (χ1n) is 10.8. The Morgan fingerprint density at radius 3 is 2.03 bits per heavy atom. The van der Waals surface area contributed by atoms with E-state index in [-0.39, 0.29) is 5.91 Å². The molecule has 0 fully saturated rings. The Balaban J connectivity index is 1.81. The fourth-order valence-corrected chi connectivity index (χ4v) is 3.72. The van der Waals surface area contributed by atoms with E-state index in [0.717, 1.165) is 22.8 Å². The summed E-state index contributed by atoms with van der Waals surface area (Å²) in [4.78, 5) is 17.4. The van der Waals surface area contributed by atoms with Gasteiger partial charge < -0.3 is 9.88 Å². The highest BCUT2D eigenvalue weighted by atomic mass is 16.1. The summed E-state index contributed by atoms with van der Waals surface area (Å²) in [5.41, 5.74) is 5.88. The minimum atomic E-state index is -0.149. The zero-order valence-electron chi connectivity index (χ0n) is 18.3. The average Bonchev–Trinajstić information content (AvgIpc) is 3.15. The van der Waals surface area contributed by atoms with Gasteiger partial charge in [0, 0.05) is 24.1 Å². The van der Waals surface area contributed by atoms with Gasteiger partial charge in [-0.1, -0.05) is 97.6 Å². The summed E-state index contributed by atoms with van der Waals surface area (Å²) in [6.45, 7) is 6.55. The van der Waals surface area contributed by atoms with Crippen LogP contribution in [0.5, 0.6) is 0 Å². The van der Waals surface area contributed by atoms with Gasteiger partial charge in [-0.15, -0.1) is 0 Å². The van der Waals surface area contributed by atoms with Crippen LogP contribution in [0.15, 0.2) is 103 Å². The second-order valence-electron chi connectivity index (χ2n) is 7.89. The molecule has 4 nitrogen and oxygen atoms in total. The van der Waals surface area contributed by atoms with Crippen LogP contribution in [0.4, 0.5) is 0 Å². The zero-order valence-corrected chi connectivity index (χ0v) is 18.3. The topological polar surface area (TPSA) is 46.9 Å². The summed E-state index contributed by atoms with van der Waals surface area (Å²) in [5.74, 6) is 0.754. The van der Waals surface area contributed by atoms with Crippen LogP contribution in [0.3, 0.4) is 0 Å². The predicted octanol–water partition coefficient (Wildman–Crippen LogP) is 5.38. The standard InChI is InChI=1S/C28H27N3O/c1-21(2)28(32)29-19-26-25(18-22-12-6-3-7-13-22)30-27(24-16-10-5-11-17-24)31(26)20-23-14-8-4-9-15-23/h3-17H,1,18-20H2,2H3,(H,29,32). The van der Waals surface area contributed by atoms with Crippen LogP contribution in [0.1, 0.15) is 29.4 Å². The summed E-state index contributed by atoms with van der Waals surface area (Å²) in [5, 5.41) is 3.02. The SMILES string of the molecule is C=C(C)C(=O)NCc1c(Cc2ccccc2)nc(-c2ccccc2)n1Cc1ccccc1. The summed E-state index contributed by atoms with van der Waals surface area (Å²) in [6.07, 6.45) is 0.695.